The van der Waals surface area contributed by atoms with Gasteiger partial charge in [-0.1, -0.05) is 0 Å². The van der Waals surface area contributed by atoms with Gasteiger partial charge >= 0.3 is 0 Å². The molecule has 0 fully saturated rings. The Labute approximate surface area is 118 Å². The van der Waals surface area contributed by atoms with Crippen LogP contribution in [-0.2, 0) is 7.05 Å². The summed E-state index contributed by atoms with van der Waals surface area (Å²) >= 11 is 0. The van der Waals surface area contributed by atoms with Crippen molar-refractivity contribution in [3.63, 3.8) is 0 Å². The van der Waals surface area contributed by atoms with Crippen LogP contribution < -0.4 is 11.1 Å². The van der Waals surface area contributed by atoms with E-state index in [9.17, 15) is 4.79 Å². The molecule has 0 spiro atoms. The number of rotatable bonds is 4. The molecule has 0 aliphatic heterocycles. The summed E-state index contributed by atoms with van der Waals surface area (Å²) in [4.78, 5) is 15.4. The van der Waals surface area contributed by atoms with Gasteiger partial charge in [0, 0.05) is 19.3 Å². The lowest BCUT2D eigenvalue weighted by molar-refractivity contribution is 0.0995. The predicted octanol–water partition coefficient (Wildman–Crippen LogP) is -0.367. The molecule has 106 valence electrons. The summed E-state index contributed by atoms with van der Waals surface area (Å²) in [5.41, 5.74) is 5.71. The number of carbonyl (C=O) groups excluding carboxylic acids is 1. The molecular weight excluding hydrogens is 274 g/mol. The maximum Gasteiger partial charge on any atom is 0.271 e. The van der Waals surface area contributed by atoms with E-state index in [1.165, 1.54) is 10.9 Å². The van der Waals surface area contributed by atoms with Gasteiger partial charge in [-0.15, -0.1) is 15.3 Å². The molecule has 3 rings (SSSR count). The smallest absolute Gasteiger partial charge is 0.271 e. The van der Waals surface area contributed by atoms with Crippen LogP contribution in [0.5, 0.6) is 0 Å². The zero-order valence-electron chi connectivity index (χ0n) is 11.0. The lowest BCUT2D eigenvalue weighted by atomic mass is 10.3. The fraction of sp³-hybridized carbons (Fsp3) is 0.0909. The summed E-state index contributed by atoms with van der Waals surface area (Å²) in [6, 6.07) is 3.30. The Morgan fingerprint density at radius 3 is 2.90 bits per heavy atom. The van der Waals surface area contributed by atoms with Crippen molar-refractivity contribution in [3.05, 3.63) is 36.5 Å². The summed E-state index contributed by atoms with van der Waals surface area (Å²) in [5, 5.41) is 18.7. The highest BCUT2D eigenvalue weighted by molar-refractivity contribution is 5.96. The number of aromatic nitrogens is 7. The predicted molar refractivity (Wildman–Crippen MR) is 72.0 cm³/mol. The van der Waals surface area contributed by atoms with E-state index in [0.717, 1.165) is 0 Å². The van der Waals surface area contributed by atoms with Crippen LogP contribution in [-0.4, -0.2) is 40.6 Å². The molecule has 3 aromatic rings. The van der Waals surface area contributed by atoms with Crippen molar-refractivity contribution >= 4 is 17.4 Å². The topological polar surface area (TPSA) is 129 Å². The van der Waals surface area contributed by atoms with E-state index >= 15 is 0 Å². The second kappa shape index (κ2) is 5.00. The van der Waals surface area contributed by atoms with Crippen LogP contribution in [0.3, 0.4) is 0 Å². The monoisotopic (exact) mass is 285 g/mol. The van der Waals surface area contributed by atoms with E-state index in [4.69, 9.17) is 5.73 Å². The third kappa shape index (κ3) is 2.54. The fourth-order valence-electron chi connectivity index (χ4n) is 1.69. The number of amides is 1. The molecule has 0 aliphatic carbocycles. The second-order valence-electron chi connectivity index (χ2n) is 4.15. The summed E-state index contributed by atoms with van der Waals surface area (Å²) in [7, 11) is 1.76. The molecule has 10 nitrogen and oxygen atoms in total. The molecule has 0 atom stereocenters. The number of nitrogens with two attached hydrogens (primary N) is 1. The van der Waals surface area contributed by atoms with Crippen LogP contribution >= 0.6 is 0 Å². The van der Waals surface area contributed by atoms with E-state index in [2.05, 4.69) is 30.7 Å². The largest absolute Gasteiger partial charge is 0.364 e. The summed E-state index contributed by atoms with van der Waals surface area (Å²) in [6.07, 6.45) is 4.71. The van der Waals surface area contributed by atoms with Gasteiger partial charge in [0.05, 0.1) is 11.9 Å². The number of nitrogens with one attached hydrogen (secondary N) is 1. The number of primary amides is 1. The van der Waals surface area contributed by atoms with Crippen molar-refractivity contribution in [3.8, 4) is 5.95 Å². The quantitative estimate of drug-likeness (QED) is 0.669. The van der Waals surface area contributed by atoms with E-state index in [1.54, 1.807) is 36.4 Å². The van der Waals surface area contributed by atoms with Crippen LogP contribution in [0.25, 0.3) is 5.95 Å². The first-order valence-corrected chi connectivity index (χ1v) is 5.93. The Balaban J connectivity index is 1.87. The molecule has 3 aromatic heterocycles. The maximum atomic E-state index is 11.3. The van der Waals surface area contributed by atoms with Crippen molar-refractivity contribution in [1.29, 1.82) is 0 Å². The lowest BCUT2D eigenvalue weighted by Gasteiger charge is -2.05. The van der Waals surface area contributed by atoms with Gasteiger partial charge in [-0.3, -0.25) is 9.48 Å². The second-order valence-corrected chi connectivity index (χ2v) is 4.15. The van der Waals surface area contributed by atoms with E-state index in [0.29, 0.717) is 17.5 Å². The van der Waals surface area contributed by atoms with Gasteiger partial charge < -0.3 is 11.1 Å². The van der Waals surface area contributed by atoms with Crippen LogP contribution in [0, 0.1) is 0 Å². The van der Waals surface area contributed by atoms with Gasteiger partial charge in [-0.2, -0.15) is 10.1 Å². The molecule has 0 unspecified atom stereocenters. The number of aryl methyl sites for hydroxylation is 1. The lowest BCUT2D eigenvalue weighted by Crippen LogP contribution is -2.16. The molecular formula is C11H11N9O. The highest BCUT2D eigenvalue weighted by atomic mass is 16.1. The molecule has 3 heterocycles. The maximum absolute atomic E-state index is 11.3. The van der Waals surface area contributed by atoms with Crippen LogP contribution in [0.4, 0.5) is 11.5 Å². The SMILES string of the molecule is Cn1cnc(-n2ccc(Nc3ccnnc3C(N)=O)n2)n1. The number of carbonyl (C=O) groups is 1. The van der Waals surface area contributed by atoms with E-state index in [1.807, 2.05) is 0 Å². The third-order valence-electron chi connectivity index (χ3n) is 2.60. The van der Waals surface area contributed by atoms with Crippen LogP contribution in [0.2, 0.25) is 0 Å². The van der Waals surface area contributed by atoms with Crippen molar-refractivity contribution < 1.29 is 4.79 Å². The Morgan fingerprint density at radius 2 is 2.19 bits per heavy atom. The molecule has 3 N–H and O–H groups in total. The van der Waals surface area contributed by atoms with Gasteiger partial charge in [-0.25, -0.2) is 4.68 Å². The molecule has 0 bridgehead atoms. The Morgan fingerprint density at radius 1 is 1.33 bits per heavy atom. The molecule has 0 radical (unpaired) electrons. The van der Waals surface area contributed by atoms with Crippen molar-refractivity contribution in [2.75, 3.05) is 5.32 Å². The van der Waals surface area contributed by atoms with E-state index < -0.39 is 5.91 Å². The zero-order chi connectivity index (χ0) is 14.8. The van der Waals surface area contributed by atoms with Gasteiger partial charge in [0.2, 0.25) is 0 Å². The van der Waals surface area contributed by atoms with Gasteiger partial charge in [0.15, 0.2) is 11.5 Å². The van der Waals surface area contributed by atoms with Crippen LogP contribution in [0.15, 0.2) is 30.9 Å². The van der Waals surface area contributed by atoms with Crippen molar-refractivity contribution in [2.24, 2.45) is 12.8 Å². The molecule has 0 aliphatic rings. The van der Waals surface area contributed by atoms with E-state index in [-0.39, 0.29) is 5.69 Å². The average Bonchev–Trinajstić information content (AvgIpc) is 3.08. The standard InChI is InChI=1S/C11H11N9O/c1-19-6-13-11(18-19)20-5-3-8(17-20)15-7-2-4-14-16-9(7)10(12)21/h2-6H,1H3,(H2,12,21)(H,14,15,17). The Bertz CT molecular complexity index is 790. The third-order valence-corrected chi connectivity index (χ3v) is 2.60. The number of hydrogen-bond acceptors (Lipinski definition) is 7. The number of nitrogens with zero attached hydrogens (tertiary/aromatic N) is 7. The summed E-state index contributed by atoms with van der Waals surface area (Å²) < 4.78 is 3.07. The fourth-order valence-corrected chi connectivity index (χ4v) is 1.69. The highest BCUT2D eigenvalue weighted by Crippen LogP contribution is 2.17. The van der Waals surface area contributed by atoms with Gasteiger partial charge in [0.1, 0.15) is 6.33 Å². The van der Waals surface area contributed by atoms with Crippen LogP contribution in [0.1, 0.15) is 10.5 Å². The first kappa shape index (κ1) is 12.7. The molecule has 0 aromatic carbocycles. The molecule has 1 amide bonds. The normalized spacial score (nSPS) is 10.5. The first-order valence-electron chi connectivity index (χ1n) is 5.93. The average molecular weight is 285 g/mol. The summed E-state index contributed by atoms with van der Waals surface area (Å²) in [5.74, 6) is 0.267. The number of hydrogen-bond donors (Lipinski definition) is 2. The van der Waals surface area contributed by atoms with Gasteiger partial charge in [0.25, 0.3) is 11.9 Å². The highest BCUT2D eigenvalue weighted by Gasteiger charge is 2.12. The molecule has 0 saturated heterocycles. The molecule has 0 saturated carbocycles. The molecule has 10 heteroatoms. The summed E-state index contributed by atoms with van der Waals surface area (Å²) in [6.45, 7) is 0. The minimum atomic E-state index is -0.670. The zero-order valence-corrected chi connectivity index (χ0v) is 11.0. The minimum Gasteiger partial charge on any atom is -0.364 e. The Kier molecular flexibility index (Phi) is 3.03. The first-order chi connectivity index (χ1) is 10.1. The van der Waals surface area contributed by atoms with Crippen molar-refractivity contribution in [1.82, 2.24) is 34.7 Å². The van der Waals surface area contributed by atoms with Gasteiger partial charge in [-0.05, 0) is 6.07 Å². The van der Waals surface area contributed by atoms with Crippen molar-refractivity contribution in [2.45, 2.75) is 0 Å². The Hall–Kier alpha value is -3.30. The minimum absolute atomic E-state index is 0.0445. The number of anilines is 2. The molecule has 21 heavy (non-hydrogen) atoms.